The summed E-state index contributed by atoms with van der Waals surface area (Å²) in [5.74, 6) is 1.80. The van der Waals surface area contributed by atoms with Crippen molar-refractivity contribution >= 4 is 28.3 Å². The molecule has 0 spiro atoms. The van der Waals surface area contributed by atoms with Crippen molar-refractivity contribution in [3.63, 3.8) is 0 Å². The van der Waals surface area contributed by atoms with Crippen LogP contribution in [0.4, 0.5) is 0 Å². The monoisotopic (exact) mass is 380 g/mol. The van der Waals surface area contributed by atoms with E-state index in [0.717, 1.165) is 27.9 Å². The number of ether oxygens (including phenoxy) is 1. The molecule has 4 aromatic rings. The summed E-state index contributed by atoms with van der Waals surface area (Å²) in [6.45, 7) is 4.12. The molecule has 0 fully saturated rings. The van der Waals surface area contributed by atoms with Crippen LogP contribution in [0.2, 0.25) is 0 Å². The molecular formula is C20H20N4O2S. The Labute approximate surface area is 161 Å². The fourth-order valence-corrected chi connectivity index (χ4v) is 3.66. The first-order chi connectivity index (χ1) is 13.1. The van der Waals surface area contributed by atoms with Gasteiger partial charge in [0.1, 0.15) is 12.4 Å². The van der Waals surface area contributed by atoms with Gasteiger partial charge in [0, 0.05) is 22.5 Å². The van der Waals surface area contributed by atoms with Crippen molar-refractivity contribution in [2.24, 2.45) is 0 Å². The maximum Gasteiger partial charge on any atom is 0.253 e. The van der Waals surface area contributed by atoms with Gasteiger partial charge in [-0.1, -0.05) is 48.2 Å². The number of benzene rings is 2. The molecule has 2 aromatic carbocycles. The van der Waals surface area contributed by atoms with E-state index in [0.29, 0.717) is 16.7 Å². The maximum absolute atomic E-state index is 10.3. The fraction of sp³-hybridized carbons (Fsp3) is 0.250. The van der Waals surface area contributed by atoms with Gasteiger partial charge in [0.2, 0.25) is 5.16 Å². The van der Waals surface area contributed by atoms with E-state index >= 15 is 0 Å². The van der Waals surface area contributed by atoms with Gasteiger partial charge >= 0.3 is 0 Å². The summed E-state index contributed by atoms with van der Waals surface area (Å²) >= 11 is 1.39. The van der Waals surface area contributed by atoms with Crippen LogP contribution in [0, 0.1) is 13.8 Å². The molecule has 2 heterocycles. The Hall–Kier alpha value is -2.64. The number of nitrogens with zero attached hydrogens (tertiary/aromatic N) is 4. The van der Waals surface area contributed by atoms with Crippen LogP contribution in [0.3, 0.4) is 0 Å². The highest BCUT2D eigenvalue weighted by Gasteiger charge is 2.12. The average Bonchev–Trinajstić information content (AvgIpc) is 3.08. The van der Waals surface area contributed by atoms with Crippen molar-refractivity contribution in [3.05, 3.63) is 59.9 Å². The van der Waals surface area contributed by atoms with Crippen LogP contribution in [-0.2, 0) is 0 Å². The molecule has 1 N–H and O–H groups in total. The zero-order chi connectivity index (χ0) is 18.8. The second-order valence-corrected chi connectivity index (χ2v) is 7.39. The van der Waals surface area contributed by atoms with Gasteiger partial charge in [-0.25, -0.2) is 9.50 Å². The number of fused-ring (bicyclic) bond motifs is 2. The molecule has 0 aliphatic rings. The molecule has 4 rings (SSSR count). The standard InChI is InChI=1S/C20H20N4O2S/c1-13-10-14(2)24-19(21-13)22-20(23-24)27-12-16(25)11-26-18-9-5-7-15-6-3-4-8-17(15)18/h3-10,16,25H,11-12H2,1-2H3/t16-/m0/s1. The molecule has 0 saturated carbocycles. The number of aryl methyl sites for hydroxylation is 2. The van der Waals surface area contributed by atoms with E-state index in [1.807, 2.05) is 62.4 Å². The zero-order valence-corrected chi connectivity index (χ0v) is 16.0. The van der Waals surface area contributed by atoms with Crippen molar-refractivity contribution in [2.45, 2.75) is 25.1 Å². The first kappa shape index (κ1) is 17.8. The van der Waals surface area contributed by atoms with Crippen LogP contribution in [0.1, 0.15) is 11.4 Å². The minimum Gasteiger partial charge on any atom is -0.490 e. The fourth-order valence-electron chi connectivity index (χ4n) is 2.94. The zero-order valence-electron chi connectivity index (χ0n) is 15.2. The van der Waals surface area contributed by atoms with E-state index in [4.69, 9.17) is 4.74 Å². The summed E-state index contributed by atoms with van der Waals surface area (Å²) in [6, 6.07) is 15.9. The molecule has 0 saturated heterocycles. The smallest absolute Gasteiger partial charge is 0.253 e. The van der Waals surface area contributed by atoms with Crippen LogP contribution in [0.5, 0.6) is 5.75 Å². The van der Waals surface area contributed by atoms with Gasteiger partial charge in [0.05, 0.1) is 6.10 Å². The van der Waals surface area contributed by atoms with Gasteiger partial charge in [-0.2, -0.15) is 4.98 Å². The van der Waals surface area contributed by atoms with Crippen molar-refractivity contribution in [3.8, 4) is 5.75 Å². The summed E-state index contributed by atoms with van der Waals surface area (Å²) < 4.78 is 7.56. The summed E-state index contributed by atoms with van der Waals surface area (Å²) in [5.41, 5.74) is 1.89. The lowest BCUT2D eigenvalue weighted by atomic mass is 10.1. The normalized spacial score (nSPS) is 12.6. The number of hydrogen-bond acceptors (Lipinski definition) is 6. The number of aliphatic hydroxyl groups excluding tert-OH is 1. The third-order valence-electron chi connectivity index (χ3n) is 4.18. The van der Waals surface area contributed by atoms with Crippen LogP contribution in [0.15, 0.2) is 53.7 Å². The van der Waals surface area contributed by atoms with E-state index in [9.17, 15) is 5.11 Å². The minimum atomic E-state index is -0.628. The predicted octanol–water partition coefficient (Wildman–Crippen LogP) is 3.43. The molecule has 0 radical (unpaired) electrons. The SMILES string of the molecule is Cc1cc(C)n2nc(SC[C@@H](O)COc3cccc4ccccc34)nc2n1. The van der Waals surface area contributed by atoms with E-state index < -0.39 is 6.10 Å². The lowest BCUT2D eigenvalue weighted by Crippen LogP contribution is -2.20. The molecule has 0 aliphatic carbocycles. The van der Waals surface area contributed by atoms with Crippen LogP contribution < -0.4 is 4.74 Å². The van der Waals surface area contributed by atoms with Crippen LogP contribution in [-0.4, -0.2) is 43.2 Å². The molecule has 0 unspecified atom stereocenters. The molecule has 0 aliphatic heterocycles. The highest BCUT2D eigenvalue weighted by molar-refractivity contribution is 7.99. The topological polar surface area (TPSA) is 72.5 Å². The van der Waals surface area contributed by atoms with Gasteiger partial charge in [-0.3, -0.25) is 0 Å². The quantitative estimate of drug-likeness (QED) is 0.517. The van der Waals surface area contributed by atoms with Crippen molar-refractivity contribution in [1.82, 2.24) is 19.6 Å². The van der Waals surface area contributed by atoms with E-state index in [1.54, 1.807) is 4.52 Å². The molecular weight excluding hydrogens is 360 g/mol. The number of rotatable bonds is 6. The predicted molar refractivity (Wildman–Crippen MR) is 106 cm³/mol. The van der Waals surface area contributed by atoms with Gasteiger partial charge < -0.3 is 9.84 Å². The highest BCUT2D eigenvalue weighted by Crippen LogP contribution is 2.25. The summed E-state index contributed by atoms with van der Waals surface area (Å²) in [6.07, 6.45) is -0.628. The second-order valence-electron chi connectivity index (χ2n) is 6.40. The molecule has 6 nitrogen and oxygen atoms in total. The van der Waals surface area contributed by atoms with E-state index in [-0.39, 0.29) is 6.61 Å². The molecule has 27 heavy (non-hydrogen) atoms. The molecule has 2 aromatic heterocycles. The van der Waals surface area contributed by atoms with Gasteiger partial charge in [0.15, 0.2) is 0 Å². The van der Waals surface area contributed by atoms with Crippen LogP contribution >= 0.6 is 11.8 Å². The Kier molecular flexibility index (Phi) is 4.96. The maximum atomic E-state index is 10.3. The Morgan fingerprint density at radius 2 is 1.93 bits per heavy atom. The first-order valence-corrected chi connectivity index (χ1v) is 9.71. The minimum absolute atomic E-state index is 0.213. The largest absolute Gasteiger partial charge is 0.490 e. The van der Waals surface area contributed by atoms with Gasteiger partial charge in [-0.05, 0) is 31.4 Å². The lowest BCUT2D eigenvalue weighted by molar-refractivity contribution is 0.127. The summed E-state index contributed by atoms with van der Waals surface area (Å²) in [7, 11) is 0. The number of thioether (sulfide) groups is 1. The molecule has 0 amide bonds. The van der Waals surface area contributed by atoms with Crippen molar-refractivity contribution < 1.29 is 9.84 Å². The number of hydrogen-bond donors (Lipinski definition) is 1. The summed E-state index contributed by atoms with van der Waals surface area (Å²) in [5, 5.41) is 17.5. The Morgan fingerprint density at radius 1 is 1.11 bits per heavy atom. The van der Waals surface area contributed by atoms with Crippen molar-refractivity contribution in [1.29, 1.82) is 0 Å². The second kappa shape index (κ2) is 7.54. The Balaban J connectivity index is 1.38. The summed E-state index contributed by atoms with van der Waals surface area (Å²) in [4.78, 5) is 8.80. The van der Waals surface area contributed by atoms with E-state index in [2.05, 4.69) is 15.1 Å². The first-order valence-electron chi connectivity index (χ1n) is 8.72. The van der Waals surface area contributed by atoms with Crippen LogP contribution in [0.25, 0.3) is 16.6 Å². The third kappa shape index (κ3) is 3.89. The molecule has 0 bridgehead atoms. The lowest BCUT2D eigenvalue weighted by Gasteiger charge is -2.13. The highest BCUT2D eigenvalue weighted by atomic mass is 32.2. The average molecular weight is 380 g/mol. The van der Waals surface area contributed by atoms with Gasteiger partial charge in [-0.15, -0.1) is 5.10 Å². The molecule has 138 valence electrons. The number of aromatic nitrogens is 4. The molecule has 1 atom stereocenters. The molecule has 7 heteroatoms. The van der Waals surface area contributed by atoms with Gasteiger partial charge in [0.25, 0.3) is 5.78 Å². The van der Waals surface area contributed by atoms with Crippen molar-refractivity contribution in [2.75, 3.05) is 12.4 Å². The Morgan fingerprint density at radius 3 is 2.81 bits per heavy atom. The third-order valence-corrected chi connectivity index (χ3v) is 5.17. The Bertz CT molecular complexity index is 1090. The van der Waals surface area contributed by atoms with E-state index in [1.165, 1.54) is 11.8 Å². The number of aliphatic hydroxyl groups is 1.